The van der Waals surface area contributed by atoms with Gasteiger partial charge in [-0.1, -0.05) is 76.2 Å². The van der Waals surface area contributed by atoms with Crippen molar-refractivity contribution < 1.29 is 18.8 Å². The van der Waals surface area contributed by atoms with Crippen LogP contribution in [0.5, 0.6) is 11.5 Å². The van der Waals surface area contributed by atoms with Crippen molar-refractivity contribution in [1.82, 2.24) is 20.8 Å². The van der Waals surface area contributed by atoms with Gasteiger partial charge in [0, 0.05) is 30.4 Å². The number of hydrogen-bond acceptors (Lipinski definition) is 6. The summed E-state index contributed by atoms with van der Waals surface area (Å²) in [5, 5.41) is 18.2. The number of nitrogens with one attached hydrogen (secondary N) is 2. The largest absolute Gasteiger partial charge is 0.485 e. The molecule has 0 saturated carbocycles. The van der Waals surface area contributed by atoms with Crippen molar-refractivity contribution >= 4 is 0 Å². The van der Waals surface area contributed by atoms with Crippen LogP contribution in [0, 0.1) is 0 Å². The molecule has 2 atom stereocenters. The van der Waals surface area contributed by atoms with Crippen LogP contribution in [0.15, 0.2) is 67.0 Å². The van der Waals surface area contributed by atoms with E-state index in [2.05, 4.69) is 108 Å². The molecule has 12 rings (SSSR count). The second-order valence-electron chi connectivity index (χ2n) is 14.6. The van der Waals surface area contributed by atoms with Crippen LogP contribution in [-0.2, 0) is 22.2 Å². The zero-order chi connectivity index (χ0) is 29.8. The first-order valence-electron chi connectivity index (χ1n) is 15.9. The van der Waals surface area contributed by atoms with Crippen LogP contribution in [0.25, 0.3) is 11.1 Å². The zero-order valence-electron chi connectivity index (χ0n) is 25.4. The number of ether oxygens (including phenoxy) is 2. The summed E-state index contributed by atoms with van der Waals surface area (Å²) >= 11 is 0. The van der Waals surface area contributed by atoms with Crippen molar-refractivity contribution in [3.8, 4) is 22.6 Å². The molecular formula is C37H30N6O2+2. The fourth-order valence-electron chi connectivity index (χ4n) is 10.6. The van der Waals surface area contributed by atoms with E-state index < -0.39 is 11.3 Å². The van der Waals surface area contributed by atoms with E-state index in [1.807, 2.05) is 0 Å². The summed E-state index contributed by atoms with van der Waals surface area (Å²) in [5.74, 6) is 2.88. The van der Waals surface area contributed by atoms with E-state index in [-0.39, 0.29) is 16.7 Å². The molecule has 3 aliphatic carbocycles. The van der Waals surface area contributed by atoms with Crippen LogP contribution in [-0.4, -0.2) is 23.7 Å². The summed E-state index contributed by atoms with van der Waals surface area (Å²) in [4.78, 5) is 0. The van der Waals surface area contributed by atoms with E-state index in [0.717, 1.165) is 28.5 Å². The number of fused-ring (bicyclic) bond motifs is 1. The number of hydrogen-bond donors (Lipinski definition) is 2. The molecule has 218 valence electrons. The summed E-state index contributed by atoms with van der Waals surface area (Å²) in [6, 6.07) is 22.6. The van der Waals surface area contributed by atoms with Gasteiger partial charge in [-0.05, 0) is 56.6 Å². The minimum absolute atomic E-state index is 0.0133. The van der Waals surface area contributed by atoms with Gasteiger partial charge < -0.3 is 9.47 Å². The Bertz CT molecular complexity index is 2170. The number of nitrogens with zero attached hydrogens (tertiary/aromatic N) is 4. The third-order valence-electron chi connectivity index (χ3n) is 12.3. The van der Waals surface area contributed by atoms with Gasteiger partial charge in [0.05, 0.1) is 22.3 Å². The van der Waals surface area contributed by atoms with Gasteiger partial charge in [0.25, 0.3) is 0 Å². The Morgan fingerprint density at radius 2 is 1.09 bits per heavy atom. The third-order valence-corrected chi connectivity index (χ3v) is 12.3. The van der Waals surface area contributed by atoms with Gasteiger partial charge in [-0.3, -0.25) is 0 Å². The number of aromatic nitrogens is 4. The molecule has 5 heterocycles. The van der Waals surface area contributed by atoms with Gasteiger partial charge >= 0.3 is 17.2 Å². The maximum Gasteiger partial charge on any atom is 0.485 e. The molecule has 2 N–H and O–H groups in total. The molecule has 0 fully saturated rings. The Hall–Kier alpha value is -4.66. The van der Waals surface area contributed by atoms with Crippen molar-refractivity contribution in [3.63, 3.8) is 0 Å². The molecule has 2 unspecified atom stereocenters. The third kappa shape index (κ3) is 2.11. The fraction of sp³-hybridized carbons (Fsp3) is 0.297. The second-order valence-corrected chi connectivity index (χ2v) is 14.6. The molecule has 8 heteroatoms. The van der Waals surface area contributed by atoms with Crippen molar-refractivity contribution in [2.75, 3.05) is 13.5 Å². The minimum atomic E-state index is -0.753. The molecule has 5 aromatic rings. The van der Waals surface area contributed by atoms with Gasteiger partial charge in [0.1, 0.15) is 25.0 Å². The highest BCUT2D eigenvalue weighted by Gasteiger charge is 2.74. The molecule has 0 bridgehead atoms. The van der Waals surface area contributed by atoms with Crippen LogP contribution < -0.4 is 29.5 Å². The molecule has 1 aromatic heterocycles. The van der Waals surface area contributed by atoms with Crippen molar-refractivity contribution in [1.29, 1.82) is 0 Å². The molecular weight excluding hydrogens is 560 g/mol. The first-order valence-corrected chi connectivity index (χ1v) is 15.9. The Morgan fingerprint density at radius 3 is 1.58 bits per heavy atom. The average molecular weight is 591 g/mol. The zero-order valence-corrected chi connectivity index (χ0v) is 25.4. The van der Waals surface area contributed by atoms with Crippen LogP contribution in [0.3, 0.4) is 0 Å². The first-order chi connectivity index (χ1) is 21.8. The Morgan fingerprint density at radius 1 is 0.622 bits per heavy atom. The fourth-order valence-corrected chi connectivity index (χ4v) is 10.6. The first kappa shape index (κ1) is 23.7. The lowest BCUT2D eigenvalue weighted by atomic mass is 9.59. The highest BCUT2D eigenvalue weighted by Crippen LogP contribution is 2.65. The van der Waals surface area contributed by atoms with Crippen LogP contribution >= 0.6 is 0 Å². The second kappa shape index (κ2) is 6.78. The molecule has 4 aromatic carbocycles. The quantitative estimate of drug-likeness (QED) is 0.264. The van der Waals surface area contributed by atoms with E-state index >= 15 is 0 Å². The standard InChI is InChI=1S/C37H30N6O2/c1-34(2)20-7-5-9-24-29(20)36(38-16-44-24)31-22(34)13-11-18-19-12-14-23-32-27(19)28(26(18)31)33-42(36)40-15-41-43(33)37(32)30-21(35(23,3)4)8-6-10-25(30)45-17-39-37/h5-15,28,38-39H,16-17H2,1-4H3/q+2. The molecule has 0 radical (unpaired) electrons. The van der Waals surface area contributed by atoms with Crippen molar-refractivity contribution in [2.45, 2.75) is 55.8 Å². The molecule has 8 nitrogen and oxygen atoms in total. The summed E-state index contributed by atoms with van der Waals surface area (Å²) in [5.41, 5.74) is 13.5. The molecule has 0 amide bonds. The summed E-state index contributed by atoms with van der Waals surface area (Å²) in [6.45, 7) is 10.2. The van der Waals surface area contributed by atoms with E-state index in [0.29, 0.717) is 13.5 Å². The van der Waals surface area contributed by atoms with Gasteiger partial charge in [0.2, 0.25) is 6.33 Å². The van der Waals surface area contributed by atoms with E-state index in [4.69, 9.17) is 19.7 Å². The van der Waals surface area contributed by atoms with Gasteiger partial charge in [-0.25, -0.2) is 10.6 Å². The molecule has 45 heavy (non-hydrogen) atoms. The van der Waals surface area contributed by atoms with Crippen molar-refractivity contribution in [3.05, 3.63) is 128 Å². The summed E-state index contributed by atoms with van der Waals surface area (Å²) < 4.78 is 17.2. The Kier molecular flexibility index (Phi) is 3.57. The smallest absolute Gasteiger partial charge is 0.477 e. The highest BCUT2D eigenvalue weighted by molar-refractivity contribution is 5.88. The van der Waals surface area contributed by atoms with Crippen molar-refractivity contribution in [2.24, 2.45) is 0 Å². The lowest BCUT2D eigenvalue weighted by molar-refractivity contribution is -0.938. The lowest BCUT2D eigenvalue weighted by Gasteiger charge is -2.49. The number of benzene rings is 4. The summed E-state index contributed by atoms with van der Waals surface area (Å²) in [6.07, 6.45) is 1.74. The topological polar surface area (TPSA) is 76.1 Å². The summed E-state index contributed by atoms with van der Waals surface area (Å²) in [7, 11) is 0. The van der Waals surface area contributed by atoms with Crippen LogP contribution in [0.4, 0.5) is 0 Å². The predicted octanol–water partition coefficient (Wildman–Crippen LogP) is 3.50. The van der Waals surface area contributed by atoms with Crippen LogP contribution in [0.1, 0.15) is 95.1 Å². The van der Waals surface area contributed by atoms with Gasteiger partial charge in [0.15, 0.2) is 5.92 Å². The Balaban J connectivity index is 1.34. The van der Waals surface area contributed by atoms with Crippen LogP contribution in [0.2, 0.25) is 0 Å². The molecule has 2 spiro atoms. The van der Waals surface area contributed by atoms with E-state index in [1.54, 1.807) is 6.33 Å². The normalized spacial score (nSPS) is 27.4. The highest BCUT2D eigenvalue weighted by atomic mass is 16.5. The van der Waals surface area contributed by atoms with Gasteiger partial charge in [-0.2, -0.15) is 0 Å². The maximum atomic E-state index is 6.36. The average Bonchev–Trinajstić information content (AvgIpc) is 3.40. The number of rotatable bonds is 0. The molecule has 4 aliphatic heterocycles. The molecule has 7 aliphatic rings. The minimum Gasteiger partial charge on any atom is -0.477 e. The van der Waals surface area contributed by atoms with E-state index in [9.17, 15) is 0 Å². The predicted molar refractivity (Wildman–Crippen MR) is 162 cm³/mol. The maximum absolute atomic E-state index is 6.36. The monoisotopic (exact) mass is 590 g/mol. The Labute approximate surface area is 259 Å². The molecule has 0 saturated heterocycles. The van der Waals surface area contributed by atoms with E-state index in [1.165, 1.54) is 55.6 Å². The SMILES string of the molecule is CC1(C)c2cccc3c2C2(NCO3)c3c1ccc1c3C3c4c-1ccc1c4C4(NCOc5cccc(c54)C1(C)C)[n+]1ncn[n+]2c13. The lowest BCUT2D eigenvalue weighted by Crippen LogP contribution is -2.84. The van der Waals surface area contributed by atoms with Gasteiger partial charge in [-0.15, -0.1) is 0 Å².